The van der Waals surface area contributed by atoms with Crippen molar-refractivity contribution in [3.63, 3.8) is 0 Å². The third-order valence-electron chi connectivity index (χ3n) is 1.91. The van der Waals surface area contributed by atoms with Crippen LogP contribution in [-0.4, -0.2) is 63.8 Å². The van der Waals surface area contributed by atoms with E-state index in [1.54, 1.807) is 0 Å². The lowest BCUT2D eigenvalue weighted by Gasteiger charge is -2.24. The first-order valence-electron chi connectivity index (χ1n) is 5.33. The minimum atomic E-state index is 0.335. The standard InChI is InChI=1S/C11H26N2O/c1-10(2)14-9-11(7-12(3)4)8-13(5)6/h10-11H,7-9H2,1-6H3. The largest absolute Gasteiger partial charge is 0.378 e. The van der Waals surface area contributed by atoms with E-state index in [2.05, 4.69) is 51.8 Å². The predicted octanol–water partition coefficient (Wildman–Crippen LogP) is 1.15. The molecular weight excluding hydrogens is 176 g/mol. The van der Waals surface area contributed by atoms with Crippen LogP contribution in [0.4, 0.5) is 0 Å². The molecule has 14 heavy (non-hydrogen) atoms. The van der Waals surface area contributed by atoms with E-state index in [1.165, 1.54) is 0 Å². The van der Waals surface area contributed by atoms with Crippen LogP contribution in [-0.2, 0) is 4.74 Å². The molecular formula is C11H26N2O. The van der Waals surface area contributed by atoms with E-state index in [4.69, 9.17) is 4.74 Å². The molecule has 3 nitrogen and oxygen atoms in total. The Hall–Kier alpha value is -0.120. The maximum atomic E-state index is 5.65. The highest BCUT2D eigenvalue weighted by Gasteiger charge is 2.12. The van der Waals surface area contributed by atoms with E-state index in [1.807, 2.05) is 0 Å². The van der Waals surface area contributed by atoms with Crippen LogP contribution in [0, 0.1) is 5.92 Å². The molecule has 0 radical (unpaired) electrons. The van der Waals surface area contributed by atoms with Crippen molar-refractivity contribution >= 4 is 0 Å². The summed E-state index contributed by atoms with van der Waals surface area (Å²) >= 11 is 0. The van der Waals surface area contributed by atoms with Gasteiger partial charge in [0.15, 0.2) is 0 Å². The molecule has 0 amide bonds. The summed E-state index contributed by atoms with van der Waals surface area (Å²) < 4.78 is 5.65. The van der Waals surface area contributed by atoms with Gasteiger partial charge in [-0.3, -0.25) is 0 Å². The molecule has 0 aromatic carbocycles. The zero-order valence-corrected chi connectivity index (χ0v) is 10.6. The van der Waals surface area contributed by atoms with Crippen molar-refractivity contribution < 1.29 is 4.74 Å². The third kappa shape index (κ3) is 8.48. The van der Waals surface area contributed by atoms with Gasteiger partial charge in [-0.05, 0) is 42.0 Å². The predicted molar refractivity (Wildman–Crippen MR) is 61.7 cm³/mol. The second-order valence-electron chi connectivity index (χ2n) is 4.77. The minimum absolute atomic E-state index is 0.335. The molecule has 0 aromatic rings. The summed E-state index contributed by atoms with van der Waals surface area (Å²) in [6, 6.07) is 0. The lowest BCUT2D eigenvalue weighted by atomic mass is 10.1. The van der Waals surface area contributed by atoms with Crippen LogP contribution < -0.4 is 0 Å². The van der Waals surface area contributed by atoms with Gasteiger partial charge in [-0.15, -0.1) is 0 Å². The van der Waals surface area contributed by atoms with E-state index in [-0.39, 0.29) is 0 Å². The number of ether oxygens (including phenoxy) is 1. The number of hydrogen-bond donors (Lipinski definition) is 0. The Morgan fingerprint density at radius 2 is 1.36 bits per heavy atom. The van der Waals surface area contributed by atoms with Crippen molar-refractivity contribution in [2.75, 3.05) is 47.9 Å². The fourth-order valence-corrected chi connectivity index (χ4v) is 1.52. The molecule has 86 valence electrons. The smallest absolute Gasteiger partial charge is 0.0522 e. The molecule has 0 bridgehead atoms. The van der Waals surface area contributed by atoms with Crippen LogP contribution in [0.15, 0.2) is 0 Å². The van der Waals surface area contributed by atoms with Crippen LogP contribution in [0.1, 0.15) is 13.8 Å². The Kier molecular flexibility index (Phi) is 7.15. The topological polar surface area (TPSA) is 15.7 Å². The molecule has 0 fully saturated rings. The second kappa shape index (κ2) is 7.21. The Morgan fingerprint density at radius 1 is 0.929 bits per heavy atom. The summed E-state index contributed by atoms with van der Waals surface area (Å²) in [5, 5.41) is 0. The number of nitrogens with zero attached hydrogens (tertiary/aromatic N) is 2. The number of hydrogen-bond acceptors (Lipinski definition) is 3. The van der Waals surface area contributed by atoms with E-state index < -0.39 is 0 Å². The highest BCUT2D eigenvalue weighted by atomic mass is 16.5. The normalized spacial score (nSPS) is 12.4. The van der Waals surface area contributed by atoms with Gasteiger partial charge in [0.2, 0.25) is 0 Å². The monoisotopic (exact) mass is 202 g/mol. The molecule has 0 spiro atoms. The lowest BCUT2D eigenvalue weighted by molar-refractivity contribution is 0.0372. The summed E-state index contributed by atoms with van der Waals surface area (Å²) in [4.78, 5) is 4.44. The van der Waals surface area contributed by atoms with Gasteiger partial charge in [0.1, 0.15) is 0 Å². The SMILES string of the molecule is CC(C)OCC(CN(C)C)CN(C)C. The Morgan fingerprint density at radius 3 is 1.64 bits per heavy atom. The summed E-state index contributed by atoms with van der Waals surface area (Å²) in [5.41, 5.74) is 0. The first kappa shape index (κ1) is 13.9. The number of rotatable bonds is 7. The average molecular weight is 202 g/mol. The molecule has 0 rings (SSSR count). The Balaban J connectivity index is 3.84. The van der Waals surface area contributed by atoms with Crippen molar-refractivity contribution in [3.05, 3.63) is 0 Å². The van der Waals surface area contributed by atoms with Crippen LogP contribution in [0.25, 0.3) is 0 Å². The van der Waals surface area contributed by atoms with Gasteiger partial charge in [0, 0.05) is 19.0 Å². The third-order valence-corrected chi connectivity index (χ3v) is 1.91. The second-order valence-corrected chi connectivity index (χ2v) is 4.77. The van der Waals surface area contributed by atoms with Crippen molar-refractivity contribution in [1.29, 1.82) is 0 Å². The molecule has 0 N–H and O–H groups in total. The van der Waals surface area contributed by atoms with Crippen molar-refractivity contribution in [2.45, 2.75) is 20.0 Å². The molecule has 0 aliphatic heterocycles. The average Bonchev–Trinajstić information content (AvgIpc) is 1.97. The van der Waals surface area contributed by atoms with Gasteiger partial charge in [-0.1, -0.05) is 0 Å². The van der Waals surface area contributed by atoms with Crippen molar-refractivity contribution in [1.82, 2.24) is 9.80 Å². The molecule has 0 heterocycles. The van der Waals surface area contributed by atoms with Gasteiger partial charge >= 0.3 is 0 Å². The summed E-state index contributed by atoms with van der Waals surface area (Å²) in [6.45, 7) is 7.20. The Bertz CT molecular complexity index is 125. The highest BCUT2D eigenvalue weighted by molar-refractivity contribution is 4.64. The lowest BCUT2D eigenvalue weighted by Crippen LogP contribution is -2.34. The molecule has 0 aliphatic carbocycles. The molecule has 3 heteroatoms. The van der Waals surface area contributed by atoms with Gasteiger partial charge in [0.25, 0.3) is 0 Å². The van der Waals surface area contributed by atoms with Crippen LogP contribution in [0.3, 0.4) is 0 Å². The maximum Gasteiger partial charge on any atom is 0.0522 e. The summed E-state index contributed by atoms with van der Waals surface area (Å²) in [7, 11) is 8.44. The highest BCUT2D eigenvalue weighted by Crippen LogP contribution is 2.03. The zero-order chi connectivity index (χ0) is 11.1. The Labute approximate surface area is 89.0 Å². The van der Waals surface area contributed by atoms with Gasteiger partial charge < -0.3 is 14.5 Å². The molecule has 0 aliphatic rings. The summed E-state index contributed by atoms with van der Waals surface area (Å²) in [5.74, 6) is 0.599. The van der Waals surface area contributed by atoms with Gasteiger partial charge in [0.05, 0.1) is 12.7 Å². The maximum absolute atomic E-state index is 5.65. The molecule has 0 unspecified atom stereocenters. The fourth-order valence-electron chi connectivity index (χ4n) is 1.52. The van der Waals surface area contributed by atoms with Crippen molar-refractivity contribution in [2.24, 2.45) is 5.92 Å². The van der Waals surface area contributed by atoms with E-state index in [9.17, 15) is 0 Å². The molecule has 0 saturated heterocycles. The van der Waals surface area contributed by atoms with Crippen LogP contribution in [0.5, 0.6) is 0 Å². The summed E-state index contributed by atoms with van der Waals surface area (Å²) in [6.07, 6.45) is 0.335. The molecule has 0 aromatic heterocycles. The van der Waals surface area contributed by atoms with E-state index in [0.29, 0.717) is 12.0 Å². The van der Waals surface area contributed by atoms with E-state index >= 15 is 0 Å². The zero-order valence-electron chi connectivity index (χ0n) is 10.6. The quantitative estimate of drug-likeness (QED) is 0.616. The van der Waals surface area contributed by atoms with Crippen LogP contribution in [0.2, 0.25) is 0 Å². The molecule has 0 saturated carbocycles. The van der Waals surface area contributed by atoms with Gasteiger partial charge in [-0.25, -0.2) is 0 Å². The first-order chi connectivity index (χ1) is 6.41. The van der Waals surface area contributed by atoms with Gasteiger partial charge in [-0.2, -0.15) is 0 Å². The first-order valence-corrected chi connectivity index (χ1v) is 5.33. The van der Waals surface area contributed by atoms with Crippen molar-refractivity contribution in [3.8, 4) is 0 Å². The minimum Gasteiger partial charge on any atom is -0.378 e. The van der Waals surface area contributed by atoms with Crippen LogP contribution >= 0.6 is 0 Å². The fraction of sp³-hybridized carbons (Fsp3) is 1.00. The van der Waals surface area contributed by atoms with E-state index in [0.717, 1.165) is 19.7 Å². The molecule has 0 atom stereocenters.